The number of carbonyl (C=O) groups excluding carboxylic acids is 2. The Labute approximate surface area is 215 Å². The molecular formula is C27H27FN3O7+. The Kier molecular flexibility index (Phi) is 5.46. The first kappa shape index (κ1) is 24.7. The molecule has 4 heterocycles. The predicted octanol–water partition coefficient (Wildman–Crippen LogP) is 0.403. The molecule has 3 aliphatic rings. The van der Waals surface area contributed by atoms with E-state index in [0.717, 1.165) is 10.9 Å². The number of rotatable bonds is 4. The number of aliphatic hydroxyl groups is 3. The fourth-order valence-electron chi connectivity index (χ4n) is 6.13. The molecule has 198 valence electrons. The summed E-state index contributed by atoms with van der Waals surface area (Å²) in [6, 6.07) is 2.42. The maximum atomic E-state index is 14.9. The third kappa shape index (κ3) is 3.22. The average Bonchev–Trinajstić information content (AvgIpc) is 3.28. The summed E-state index contributed by atoms with van der Waals surface area (Å²) in [6.45, 7) is 2.48. The number of benzene rings is 1. The number of amides is 1. The van der Waals surface area contributed by atoms with Crippen LogP contribution in [0.4, 0.5) is 4.39 Å². The largest absolute Gasteiger partial charge is 0.458 e. The van der Waals surface area contributed by atoms with E-state index in [0.29, 0.717) is 46.4 Å². The van der Waals surface area contributed by atoms with E-state index in [2.05, 4.69) is 10.3 Å². The topological polar surface area (TPSA) is 152 Å². The van der Waals surface area contributed by atoms with E-state index >= 15 is 0 Å². The smallest absolute Gasteiger partial charge is 0.343 e. The number of nitrogens with zero attached hydrogens (tertiary/aromatic N) is 1. The molecule has 11 heteroatoms. The fourth-order valence-corrected chi connectivity index (χ4v) is 6.13. The molecule has 0 spiro atoms. The first-order valence-electron chi connectivity index (χ1n) is 12.6. The lowest BCUT2D eigenvalue weighted by Gasteiger charge is -2.31. The highest BCUT2D eigenvalue weighted by atomic mass is 19.1. The van der Waals surface area contributed by atoms with Gasteiger partial charge in [0.25, 0.3) is 11.5 Å². The second kappa shape index (κ2) is 8.42. The van der Waals surface area contributed by atoms with E-state index in [-0.39, 0.29) is 30.7 Å². The molecule has 0 radical (unpaired) electrons. The second-order valence-corrected chi connectivity index (χ2v) is 10.2. The van der Waals surface area contributed by atoms with Crippen LogP contribution in [0.5, 0.6) is 0 Å². The zero-order valence-electron chi connectivity index (χ0n) is 20.9. The monoisotopic (exact) mass is 524 g/mol. The van der Waals surface area contributed by atoms with Crippen molar-refractivity contribution in [3.8, 4) is 11.4 Å². The Morgan fingerprint density at radius 2 is 2.08 bits per heavy atom. The quantitative estimate of drug-likeness (QED) is 0.282. The van der Waals surface area contributed by atoms with Gasteiger partial charge >= 0.3 is 5.97 Å². The minimum atomic E-state index is -1.97. The molecule has 3 aromatic rings. The van der Waals surface area contributed by atoms with Crippen LogP contribution in [0, 0.1) is 12.7 Å². The first-order chi connectivity index (χ1) is 18.1. The number of fused-ring (bicyclic) bond motifs is 5. The lowest BCUT2D eigenvalue weighted by atomic mass is 9.81. The lowest BCUT2D eigenvalue weighted by Crippen LogP contribution is -2.44. The summed E-state index contributed by atoms with van der Waals surface area (Å²) in [5, 5.41) is 33.8. The summed E-state index contributed by atoms with van der Waals surface area (Å²) in [7, 11) is 0. The predicted molar refractivity (Wildman–Crippen MR) is 130 cm³/mol. The van der Waals surface area contributed by atoms with Gasteiger partial charge in [-0.25, -0.2) is 14.2 Å². The van der Waals surface area contributed by atoms with Crippen molar-refractivity contribution in [3.63, 3.8) is 0 Å². The van der Waals surface area contributed by atoms with Crippen molar-refractivity contribution in [2.45, 2.75) is 64.0 Å². The Bertz CT molecular complexity index is 1630. The van der Waals surface area contributed by atoms with E-state index < -0.39 is 47.6 Å². The van der Waals surface area contributed by atoms with Crippen LogP contribution >= 0.6 is 0 Å². The molecule has 0 saturated heterocycles. The number of esters is 1. The van der Waals surface area contributed by atoms with Gasteiger partial charge in [-0.3, -0.25) is 14.2 Å². The third-order valence-corrected chi connectivity index (χ3v) is 8.25. The maximum absolute atomic E-state index is 14.9. The minimum absolute atomic E-state index is 0.0103. The summed E-state index contributed by atoms with van der Waals surface area (Å²) in [4.78, 5) is 41.9. The van der Waals surface area contributed by atoms with Crippen LogP contribution in [0.25, 0.3) is 22.3 Å². The molecule has 2 aliphatic heterocycles. The maximum Gasteiger partial charge on any atom is 0.343 e. The molecule has 5 N–H and O–H groups in total. The van der Waals surface area contributed by atoms with Crippen molar-refractivity contribution in [3.05, 3.63) is 61.7 Å². The van der Waals surface area contributed by atoms with Crippen LogP contribution in [0.1, 0.15) is 59.2 Å². The van der Waals surface area contributed by atoms with Crippen LogP contribution in [0.15, 0.2) is 16.9 Å². The van der Waals surface area contributed by atoms with E-state index in [4.69, 9.17) is 4.74 Å². The molecule has 1 aromatic carbocycles. The standard InChI is InChI=1S/C27H26FN3O7/c1-3-27(37)15-6-19-23-13(8-31(19)25(35)14(15)10-38-26(27)36)22-17(30-24(34)20(33)9-32)5-4-12-11(2)16(28)7-18(29-23)21(12)22/h6-7,17,20,32-33,37H,3-5,8-10H2,1-2H3,(H,30,34)/p+1/t17-,20+,27-/m0/s1. The van der Waals surface area contributed by atoms with Gasteiger partial charge in [-0.05, 0) is 43.4 Å². The highest BCUT2D eigenvalue weighted by Gasteiger charge is 2.46. The molecule has 2 aromatic heterocycles. The zero-order chi connectivity index (χ0) is 27.1. The number of hydrogen-bond donors (Lipinski definition) is 4. The second-order valence-electron chi connectivity index (χ2n) is 10.2. The number of ether oxygens (including phenoxy) is 1. The van der Waals surface area contributed by atoms with Crippen molar-refractivity contribution in [1.82, 2.24) is 9.88 Å². The normalized spacial score (nSPS) is 21.9. The van der Waals surface area contributed by atoms with Crippen molar-refractivity contribution < 1.29 is 39.0 Å². The van der Waals surface area contributed by atoms with Gasteiger partial charge in [-0.2, -0.15) is 0 Å². The summed E-state index contributed by atoms with van der Waals surface area (Å²) >= 11 is 0. The molecule has 0 unspecified atom stereocenters. The number of pyridine rings is 2. The number of aromatic nitrogens is 2. The van der Waals surface area contributed by atoms with Crippen molar-refractivity contribution >= 4 is 22.8 Å². The van der Waals surface area contributed by atoms with Gasteiger partial charge in [-0.15, -0.1) is 0 Å². The van der Waals surface area contributed by atoms with Crippen LogP contribution in [-0.4, -0.2) is 44.5 Å². The van der Waals surface area contributed by atoms with Gasteiger partial charge < -0.3 is 25.4 Å². The molecule has 0 bridgehead atoms. The molecule has 6 rings (SSSR count). The first-order valence-corrected chi connectivity index (χ1v) is 12.6. The minimum Gasteiger partial charge on any atom is -0.458 e. The van der Waals surface area contributed by atoms with Crippen LogP contribution in [0.2, 0.25) is 0 Å². The highest BCUT2D eigenvalue weighted by molar-refractivity contribution is 5.91. The van der Waals surface area contributed by atoms with E-state index in [1.54, 1.807) is 19.9 Å². The number of aliphatic hydroxyl groups excluding tert-OH is 2. The van der Waals surface area contributed by atoms with Gasteiger partial charge in [0.05, 0.1) is 35.7 Å². The molecule has 38 heavy (non-hydrogen) atoms. The third-order valence-electron chi connectivity index (χ3n) is 8.25. The lowest BCUT2D eigenvalue weighted by molar-refractivity contribution is -0.331. The fraction of sp³-hybridized carbons (Fsp3) is 0.407. The Hall–Kier alpha value is -3.67. The number of aryl methyl sites for hydroxylation is 1. The number of hydrogen-bond acceptors (Lipinski definition) is 7. The Morgan fingerprint density at radius 3 is 2.79 bits per heavy atom. The number of carbonyl (C=O) groups is 2. The van der Waals surface area contributed by atoms with Crippen LogP contribution in [0.3, 0.4) is 0 Å². The van der Waals surface area contributed by atoms with Gasteiger partial charge in [0.15, 0.2) is 11.7 Å². The highest BCUT2D eigenvalue weighted by Crippen LogP contribution is 2.44. The van der Waals surface area contributed by atoms with Crippen molar-refractivity contribution in [2.75, 3.05) is 6.61 Å². The molecule has 0 fully saturated rings. The molecular weight excluding hydrogens is 497 g/mol. The van der Waals surface area contributed by atoms with Crippen molar-refractivity contribution in [1.29, 1.82) is 0 Å². The van der Waals surface area contributed by atoms with Gasteiger partial charge in [0, 0.05) is 17.2 Å². The van der Waals surface area contributed by atoms with E-state index in [9.17, 15) is 34.1 Å². The molecule has 3 atom stereocenters. The zero-order valence-corrected chi connectivity index (χ0v) is 20.9. The Morgan fingerprint density at radius 1 is 1.32 bits per heavy atom. The summed E-state index contributed by atoms with van der Waals surface area (Å²) < 4.78 is 21.6. The van der Waals surface area contributed by atoms with Gasteiger partial charge in [0.1, 0.15) is 18.1 Å². The van der Waals surface area contributed by atoms with Gasteiger partial charge in [-0.1, -0.05) is 6.92 Å². The van der Waals surface area contributed by atoms with Crippen molar-refractivity contribution in [2.24, 2.45) is 0 Å². The average molecular weight is 525 g/mol. The number of nitrogens with one attached hydrogen (secondary N) is 2. The van der Waals surface area contributed by atoms with Crippen LogP contribution < -0.4 is 15.9 Å². The molecule has 10 nitrogen and oxygen atoms in total. The SMILES string of the molecule is CC[C@@]1(O)C(=O)OCc2c1cc1n(c2=O)Cc2c-1[nH+]c1cc(F)c(C)c3c1c2[C@@H](NC(=O)[C@H](O)CO)CC3. The summed E-state index contributed by atoms with van der Waals surface area (Å²) in [5.41, 5.74) is 2.13. The molecule has 0 saturated carbocycles. The van der Waals surface area contributed by atoms with E-state index in [1.165, 1.54) is 10.6 Å². The van der Waals surface area contributed by atoms with Crippen LogP contribution in [-0.2, 0) is 39.5 Å². The number of H-pyrrole nitrogens is 1. The number of cyclic esters (lactones) is 1. The number of aromatic amines is 1. The Balaban J connectivity index is 1.63. The summed E-state index contributed by atoms with van der Waals surface area (Å²) in [6.07, 6.45) is -0.687. The van der Waals surface area contributed by atoms with Gasteiger partial charge in [0.2, 0.25) is 11.2 Å². The summed E-state index contributed by atoms with van der Waals surface area (Å²) in [5.74, 6) is -1.95. The molecule has 1 amide bonds. The number of halogens is 1. The van der Waals surface area contributed by atoms with E-state index in [1.807, 2.05) is 0 Å². The molecule has 1 aliphatic carbocycles.